The molecule has 2 aromatic rings. The van der Waals surface area contributed by atoms with Crippen LogP contribution in [0.3, 0.4) is 0 Å². The summed E-state index contributed by atoms with van der Waals surface area (Å²) in [4.78, 5) is 23.5. The molecule has 0 fully saturated rings. The average molecular weight is 313 g/mol. The Morgan fingerprint density at radius 1 is 1.35 bits per heavy atom. The number of carbonyl (C=O) groups excluding carboxylic acids is 2. The van der Waals surface area contributed by atoms with Gasteiger partial charge in [0, 0.05) is 6.54 Å². The molecule has 0 radical (unpaired) electrons. The van der Waals surface area contributed by atoms with E-state index in [1.165, 1.54) is 6.20 Å². The Kier molecular flexibility index (Phi) is 5.30. The highest BCUT2D eigenvalue weighted by atomic mass is 16.5. The largest absolute Gasteiger partial charge is 0.496 e. The van der Waals surface area contributed by atoms with Crippen LogP contribution in [-0.2, 0) is 16.0 Å². The molecule has 0 aliphatic carbocycles. The number of ether oxygens (including phenoxy) is 1. The number of methoxy groups -OCH3 is 1. The van der Waals surface area contributed by atoms with Crippen LogP contribution in [-0.4, -0.2) is 35.7 Å². The third-order valence-corrected chi connectivity index (χ3v) is 3.08. The number of nitriles is 1. The molecule has 1 heterocycles. The van der Waals surface area contributed by atoms with Crippen LogP contribution in [0.4, 0.5) is 5.82 Å². The number of carbonyl (C=O) groups is 2. The zero-order valence-corrected chi connectivity index (χ0v) is 12.4. The Morgan fingerprint density at radius 2 is 2.13 bits per heavy atom. The summed E-state index contributed by atoms with van der Waals surface area (Å²) < 4.78 is 5.21. The van der Waals surface area contributed by atoms with Crippen LogP contribution in [0.1, 0.15) is 11.1 Å². The summed E-state index contributed by atoms with van der Waals surface area (Å²) in [6.45, 7) is 0.278. The second kappa shape index (κ2) is 7.61. The molecule has 0 atom stereocenters. The van der Waals surface area contributed by atoms with Crippen molar-refractivity contribution in [3.8, 4) is 11.8 Å². The molecule has 1 aromatic carbocycles. The van der Waals surface area contributed by atoms with Gasteiger partial charge in [0.25, 0.3) is 0 Å². The Morgan fingerprint density at radius 3 is 2.87 bits per heavy atom. The smallest absolute Gasteiger partial charge is 0.314 e. The van der Waals surface area contributed by atoms with Gasteiger partial charge >= 0.3 is 11.8 Å². The Bertz CT molecular complexity index is 748. The zero-order chi connectivity index (χ0) is 16.7. The van der Waals surface area contributed by atoms with Gasteiger partial charge in [0.2, 0.25) is 0 Å². The average Bonchev–Trinajstić information content (AvgIpc) is 3.02. The molecule has 8 heteroatoms. The van der Waals surface area contributed by atoms with E-state index >= 15 is 0 Å². The molecule has 1 aromatic heterocycles. The van der Waals surface area contributed by atoms with E-state index in [1.54, 1.807) is 7.11 Å². The molecule has 118 valence electrons. The van der Waals surface area contributed by atoms with Gasteiger partial charge in [-0.3, -0.25) is 14.7 Å². The minimum absolute atomic E-state index is 0.0948. The number of benzene rings is 1. The van der Waals surface area contributed by atoms with Crippen LogP contribution in [0.5, 0.6) is 5.75 Å². The van der Waals surface area contributed by atoms with Gasteiger partial charge < -0.3 is 15.4 Å². The van der Waals surface area contributed by atoms with Crippen LogP contribution in [0, 0.1) is 11.3 Å². The number of nitrogens with one attached hydrogen (secondary N) is 3. The van der Waals surface area contributed by atoms with Gasteiger partial charge in [-0.1, -0.05) is 18.2 Å². The standard InChI is InChI=1S/C15H15N5O3/c1-23-12-5-3-2-4-10(12)6-7-17-14(21)15(22)19-13-11(8-16)9-18-20-13/h2-5,9H,6-7H2,1H3,(H,17,21)(H2,18,19,20,22). The Hall–Kier alpha value is -3.34. The van der Waals surface area contributed by atoms with E-state index in [9.17, 15) is 9.59 Å². The van der Waals surface area contributed by atoms with Crippen molar-refractivity contribution in [3.63, 3.8) is 0 Å². The summed E-state index contributed by atoms with van der Waals surface area (Å²) in [6, 6.07) is 9.27. The highest BCUT2D eigenvalue weighted by Gasteiger charge is 2.16. The van der Waals surface area contributed by atoms with Crippen LogP contribution < -0.4 is 15.4 Å². The predicted octanol–water partition coefficient (Wildman–Crippen LogP) is 0.587. The summed E-state index contributed by atoms with van der Waals surface area (Å²) in [5.41, 5.74) is 1.08. The molecule has 0 saturated heterocycles. The third kappa shape index (κ3) is 4.07. The number of rotatable bonds is 5. The van der Waals surface area contributed by atoms with Crippen LogP contribution in [0.25, 0.3) is 0 Å². The third-order valence-electron chi connectivity index (χ3n) is 3.08. The van der Waals surface area contributed by atoms with Crippen LogP contribution >= 0.6 is 0 Å². The predicted molar refractivity (Wildman–Crippen MR) is 81.6 cm³/mol. The monoisotopic (exact) mass is 313 g/mol. The van der Waals surface area contributed by atoms with E-state index in [2.05, 4.69) is 20.8 Å². The maximum Gasteiger partial charge on any atom is 0.314 e. The molecular weight excluding hydrogens is 298 g/mol. The highest BCUT2D eigenvalue weighted by Crippen LogP contribution is 2.17. The highest BCUT2D eigenvalue weighted by molar-refractivity contribution is 6.39. The van der Waals surface area contributed by atoms with Crippen LogP contribution in [0.15, 0.2) is 30.5 Å². The minimum Gasteiger partial charge on any atom is -0.496 e. The number of nitrogens with zero attached hydrogens (tertiary/aromatic N) is 2. The topological polar surface area (TPSA) is 120 Å². The molecule has 8 nitrogen and oxygen atoms in total. The SMILES string of the molecule is COc1ccccc1CCNC(=O)C(=O)Nc1[nH]ncc1C#N. The van der Waals surface area contributed by atoms with Gasteiger partial charge in [-0.25, -0.2) is 0 Å². The fourth-order valence-electron chi connectivity index (χ4n) is 1.94. The molecule has 2 rings (SSSR count). The molecule has 2 amide bonds. The summed E-state index contributed by atoms with van der Waals surface area (Å²) in [6.07, 6.45) is 1.78. The number of aromatic amines is 1. The summed E-state index contributed by atoms with van der Waals surface area (Å²) >= 11 is 0. The second-order valence-corrected chi connectivity index (χ2v) is 4.54. The molecular formula is C15H15N5O3. The maximum absolute atomic E-state index is 11.7. The van der Waals surface area contributed by atoms with Crippen molar-refractivity contribution in [2.75, 3.05) is 19.0 Å². The molecule has 0 bridgehead atoms. The van der Waals surface area contributed by atoms with Crippen molar-refractivity contribution in [1.29, 1.82) is 5.26 Å². The van der Waals surface area contributed by atoms with Gasteiger partial charge in [0.15, 0.2) is 0 Å². The number of hydrogen-bond donors (Lipinski definition) is 3. The van der Waals surface area contributed by atoms with E-state index < -0.39 is 11.8 Å². The lowest BCUT2D eigenvalue weighted by Gasteiger charge is -2.09. The lowest BCUT2D eigenvalue weighted by atomic mass is 10.1. The lowest BCUT2D eigenvalue weighted by Crippen LogP contribution is -2.36. The number of hydrogen-bond acceptors (Lipinski definition) is 5. The van der Waals surface area contributed by atoms with E-state index in [1.807, 2.05) is 30.3 Å². The summed E-state index contributed by atoms with van der Waals surface area (Å²) in [5, 5.41) is 19.7. The lowest BCUT2D eigenvalue weighted by molar-refractivity contribution is -0.136. The molecule has 0 aliphatic heterocycles. The first-order valence-corrected chi connectivity index (χ1v) is 6.80. The first kappa shape index (κ1) is 16.0. The normalized spacial score (nSPS) is 9.74. The summed E-state index contributed by atoms with van der Waals surface area (Å²) in [7, 11) is 1.57. The van der Waals surface area contributed by atoms with Crippen LogP contribution in [0.2, 0.25) is 0 Å². The molecule has 23 heavy (non-hydrogen) atoms. The first-order valence-electron chi connectivity index (χ1n) is 6.80. The van der Waals surface area contributed by atoms with E-state index in [0.29, 0.717) is 6.42 Å². The molecule has 0 unspecified atom stereocenters. The van der Waals surface area contributed by atoms with Gasteiger partial charge in [0.1, 0.15) is 23.2 Å². The minimum atomic E-state index is -0.870. The molecule has 0 aliphatic rings. The Balaban J connectivity index is 1.85. The molecule has 3 N–H and O–H groups in total. The molecule has 0 saturated carbocycles. The zero-order valence-electron chi connectivity index (χ0n) is 12.4. The molecule has 0 spiro atoms. The van der Waals surface area contributed by atoms with Gasteiger partial charge in [-0.2, -0.15) is 10.4 Å². The first-order chi connectivity index (χ1) is 11.2. The van der Waals surface area contributed by atoms with E-state index in [0.717, 1.165) is 11.3 Å². The Labute approximate surface area is 132 Å². The number of H-pyrrole nitrogens is 1. The van der Waals surface area contributed by atoms with Gasteiger partial charge in [0.05, 0.1) is 13.3 Å². The fourth-order valence-corrected chi connectivity index (χ4v) is 1.94. The van der Waals surface area contributed by atoms with Crippen molar-refractivity contribution < 1.29 is 14.3 Å². The van der Waals surface area contributed by atoms with Crippen molar-refractivity contribution in [2.45, 2.75) is 6.42 Å². The van der Waals surface area contributed by atoms with Crippen molar-refractivity contribution >= 4 is 17.6 Å². The van der Waals surface area contributed by atoms with Crippen molar-refractivity contribution in [1.82, 2.24) is 15.5 Å². The number of anilines is 1. The number of para-hydroxylation sites is 1. The van der Waals surface area contributed by atoms with Gasteiger partial charge in [-0.05, 0) is 18.1 Å². The number of amides is 2. The quantitative estimate of drug-likeness (QED) is 0.698. The fraction of sp³-hybridized carbons (Fsp3) is 0.200. The summed E-state index contributed by atoms with van der Waals surface area (Å²) in [5.74, 6) is -0.844. The number of aromatic nitrogens is 2. The van der Waals surface area contributed by atoms with Crippen molar-refractivity contribution in [2.24, 2.45) is 0 Å². The van der Waals surface area contributed by atoms with Crippen molar-refractivity contribution in [3.05, 3.63) is 41.6 Å². The maximum atomic E-state index is 11.7. The van der Waals surface area contributed by atoms with E-state index in [4.69, 9.17) is 10.00 Å². The van der Waals surface area contributed by atoms with E-state index in [-0.39, 0.29) is 17.9 Å². The van der Waals surface area contributed by atoms with Gasteiger partial charge in [-0.15, -0.1) is 0 Å². The second-order valence-electron chi connectivity index (χ2n) is 4.54.